The molecule has 2 N–H and O–H groups in total. The van der Waals surface area contributed by atoms with Crippen molar-refractivity contribution in [2.45, 2.75) is 26.7 Å². The SMILES string of the molecule is COCCC(C)(C)CNC(=O)C1CNc2ccccc2C1. The van der Waals surface area contributed by atoms with E-state index in [4.69, 9.17) is 4.74 Å². The van der Waals surface area contributed by atoms with Crippen LogP contribution < -0.4 is 10.6 Å². The van der Waals surface area contributed by atoms with Crippen LogP contribution in [0.15, 0.2) is 24.3 Å². The smallest absolute Gasteiger partial charge is 0.225 e. The largest absolute Gasteiger partial charge is 0.385 e. The number of anilines is 1. The standard InChI is InChI=1S/C17H26N2O2/c1-17(2,8-9-21-3)12-19-16(20)14-10-13-6-4-5-7-15(13)18-11-14/h4-7,14,18H,8-12H2,1-3H3,(H,19,20). The summed E-state index contributed by atoms with van der Waals surface area (Å²) in [7, 11) is 1.71. The Labute approximate surface area is 127 Å². The Kier molecular flexibility index (Phi) is 5.23. The van der Waals surface area contributed by atoms with Crippen LogP contribution >= 0.6 is 0 Å². The van der Waals surface area contributed by atoms with Gasteiger partial charge in [0.25, 0.3) is 0 Å². The lowest BCUT2D eigenvalue weighted by atomic mass is 9.88. The number of hydrogen-bond donors (Lipinski definition) is 2. The van der Waals surface area contributed by atoms with Crippen LogP contribution in [0.2, 0.25) is 0 Å². The molecule has 116 valence electrons. The van der Waals surface area contributed by atoms with E-state index in [1.54, 1.807) is 7.11 Å². The second-order valence-electron chi connectivity index (χ2n) is 6.56. The summed E-state index contributed by atoms with van der Waals surface area (Å²) >= 11 is 0. The number of amides is 1. The molecule has 0 aliphatic carbocycles. The number of carbonyl (C=O) groups is 1. The molecule has 4 heteroatoms. The number of ether oxygens (including phenoxy) is 1. The van der Waals surface area contributed by atoms with Crippen molar-refractivity contribution < 1.29 is 9.53 Å². The van der Waals surface area contributed by atoms with Crippen molar-refractivity contribution >= 4 is 11.6 Å². The molecule has 1 aromatic carbocycles. The molecule has 1 aromatic rings. The van der Waals surface area contributed by atoms with Crippen molar-refractivity contribution in [3.8, 4) is 0 Å². The van der Waals surface area contributed by atoms with Crippen LogP contribution in [0.25, 0.3) is 0 Å². The Hall–Kier alpha value is -1.55. The minimum absolute atomic E-state index is 0.0122. The molecule has 1 atom stereocenters. The predicted molar refractivity (Wildman–Crippen MR) is 85.4 cm³/mol. The molecule has 0 spiro atoms. The summed E-state index contributed by atoms with van der Waals surface area (Å²) in [4.78, 5) is 12.3. The Morgan fingerprint density at radius 2 is 2.19 bits per heavy atom. The van der Waals surface area contributed by atoms with Gasteiger partial charge in [-0.3, -0.25) is 4.79 Å². The summed E-state index contributed by atoms with van der Waals surface area (Å²) in [5.41, 5.74) is 2.44. The molecule has 21 heavy (non-hydrogen) atoms. The molecule has 0 aromatic heterocycles. The topological polar surface area (TPSA) is 50.4 Å². The normalized spacial score (nSPS) is 17.8. The van der Waals surface area contributed by atoms with E-state index in [9.17, 15) is 4.79 Å². The van der Waals surface area contributed by atoms with Gasteiger partial charge in [0.2, 0.25) is 5.91 Å². The molecule has 1 heterocycles. The Morgan fingerprint density at radius 1 is 1.43 bits per heavy atom. The maximum Gasteiger partial charge on any atom is 0.225 e. The monoisotopic (exact) mass is 290 g/mol. The molecule has 1 unspecified atom stereocenters. The van der Waals surface area contributed by atoms with Gasteiger partial charge in [-0.1, -0.05) is 32.0 Å². The van der Waals surface area contributed by atoms with E-state index in [-0.39, 0.29) is 17.2 Å². The third-order valence-electron chi connectivity index (χ3n) is 4.12. The fraction of sp³-hybridized carbons (Fsp3) is 0.588. The van der Waals surface area contributed by atoms with Crippen LogP contribution in [0.5, 0.6) is 0 Å². The number of carbonyl (C=O) groups excluding carboxylic acids is 1. The van der Waals surface area contributed by atoms with Crippen LogP contribution in [0.3, 0.4) is 0 Å². The molecular formula is C17H26N2O2. The van der Waals surface area contributed by atoms with E-state index < -0.39 is 0 Å². The van der Waals surface area contributed by atoms with Gasteiger partial charge in [-0.2, -0.15) is 0 Å². The fourth-order valence-corrected chi connectivity index (χ4v) is 2.56. The first kappa shape index (κ1) is 15.8. The lowest BCUT2D eigenvalue weighted by Gasteiger charge is -2.28. The van der Waals surface area contributed by atoms with Crippen molar-refractivity contribution in [1.29, 1.82) is 0 Å². The van der Waals surface area contributed by atoms with Crippen molar-refractivity contribution in [2.75, 3.05) is 32.1 Å². The van der Waals surface area contributed by atoms with Gasteiger partial charge in [-0.05, 0) is 29.9 Å². The number of fused-ring (bicyclic) bond motifs is 1. The zero-order valence-corrected chi connectivity index (χ0v) is 13.2. The molecular weight excluding hydrogens is 264 g/mol. The van der Waals surface area contributed by atoms with Crippen molar-refractivity contribution in [1.82, 2.24) is 5.32 Å². The Morgan fingerprint density at radius 3 is 2.95 bits per heavy atom. The van der Waals surface area contributed by atoms with Crippen LogP contribution in [0.1, 0.15) is 25.8 Å². The zero-order chi connectivity index (χ0) is 15.3. The van der Waals surface area contributed by atoms with Gasteiger partial charge in [-0.25, -0.2) is 0 Å². The number of nitrogens with one attached hydrogen (secondary N) is 2. The van der Waals surface area contributed by atoms with Gasteiger partial charge in [-0.15, -0.1) is 0 Å². The van der Waals surface area contributed by atoms with E-state index in [2.05, 4.69) is 36.6 Å². The first-order valence-electron chi connectivity index (χ1n) is 7.60. The van der Waals surface area contributed by atoms with Crippen LogP contribution in [-0.2, 0) is 16.0 Å². The van der Waals surface area contributed by atoms with Gasteiger partial charge >= 0.3 is 0 Å². The third-order valence-corrected chi connectivity index (χ3v) is 4.12. The minimum atomic E-state index is 0.0122. The lowest BCUT2D eigenvalue weighted by Crippen LogP contribution is -2.42. The minimum Gasteiger partial charge on any atom is -0.385 e. The van der Waals surface area contributed by atoms with Gasteiger partial charge in [0.05, 0.1) is 5.92 Å². The highest BCUT2D eigenvalue weighted by molar-refractivity contribution is 5.80. The molecule has 4 nitrogen and oxygen atoms in total. The summed E-state index contributed by atoms with van der Waals surface area (Å²) in [6, 6.07) is 8.20. The van der Waals surface area contributed by atoms with Gasteiger partial charge in [0.15, 0.2) is 0 Å². The zero-order valence-electron chi connectivity index (χ0n) is 13.2. The van der Waals surface area contributed by atoms with Gasteiger partial charge < -0.3 is 15.4 Å². The van der Waals surface area contributed by atoms with Gasteiger partial charge in [0.1, 0.15) is 0 Å². The van der Waals surface area contributed by atoms with E-state index in [0.717, 1.165) is 25.1 Å². The maximum absolute atomic E-state index is 12.3. The highest BCUT2D eigenvalue weighted by atomic mass is 16.5. The van der Waals surface area contributed by atoms with Crippen molar-refractivity contribution in [3.63, 3.8) is 0 Å². The Bertz CT molecular complexity index is 485. The van der Waals surface area contributed by atoms with Crippen LogP contribution in [0, 0.1) is 11.3 Å². The number of benzene rings is 1. The number of hydrogen-bond acceptors (Lipinski definition) is 3. The number of rotatable bonds is 6. The summed E-state index contributed by atoms with van der Waals surface area (Å²) in [6.07, 6.45) is 1.75. The quantitative estimate of drug-likeness (QED) is 0.846. The predicted octanol–water partition coefficient (Wildman–Crippen LogP) is 2.45. The summed E-state index contributed by atoms with van der Waals surface area (Å²) in [6.45, 7) is 6.43. The van der Waals surface area contributed by atoms with E-state index in [0.29, 0.717) is 13.1 Å². The second kappa shape index (κ2) is 6.94. The van der Waals surface area contributed by atoms with E-state index in [1.807, 2.05) is 12.1 Å². The summed E-state index contributed by atoms with van der Waals surface area (Å²) in [5.74, 6) is 0.153. The highest BCUT2D eigenvalue weighted by Crippen LogP contribution is 2.25. The fourth-order valence-electron chi connectivity index (χ4n) is 2.56. The molecule has 0 saturated carbocycles. The molecule has 0 saturated heterocycles. The first-order chi connectivity index (χ1) is 10.0. The Balaban J connectivity index is 1.85. The third kappa shape index (κ3) is 4.46. The average molecular weight is 290 g/mol. The number of methoxy groups -OCH3 is 1. The van der Waals surface area contributed by atoms with Crippen LogP contribution in [-0.4, -0.2) is 32.7 Å². The molecule has 1 aliphatic rings. The van der Waals surface area contributed by atoms with E-state index >= 15 is 0 Å². The van der Waals surface area contributed by atoms with E-state index in [1.165, 1.54) is 5.56 Å². The second-order valence-corrected chi connectivity index (χ2v) is 6.56. The highest BCUT2D eigenvalue weighted by Gasteiger charge is 2.26. The van der Waals surface area contributed by atoms with Crippen LogP contribution in [0.4, 0.5) is 5.69 Å². The van der Waals surface area contributed by atoms with Gasteiger partial charge in [0, 0.05) is 32.5 Å². The number of para-hydroxylation sites is 1. The lowest BCUT2D eigenvalue weighted by molar-refractivity contribution is -0.125. The maximum atomic E-state index is 12.3. The summed E-state index contributed by atoms with van der Waals surface area (Å²) < 4.78 is 5.12. The molecule has 0 fully saturated rings. The molecule has 0 radical (unpaired) electrons. The molecule has 2 rings (SSSR count). The first-order valence-corrected chi connectivity index (χ1v) is 7.60. The van der Waals surface area contributed by atoms with Crippen molar-refractivity contribution in [2.24, 2.45) is 11.3 Å². The summed E-state index contributed by atoms with van der Waals surface area (Å²) in [5, 5.41) is 6.44. The van der Waals surface area contributed by atoms with Crippen molar-refractivity contribution in [3.05, 3.63) is 29.8 Å². The molecule has 1 aliphatic heterocycles. The molecule has 1 amide bonds. The average Bonchev–Trinajstić information content (AvgIpc) is 2.50. The molecule has 0 bridgehead atoms.